The van der Waals surface area contributed by atoms with Gasteiger partial charge < -0.3 is 30.5 Å². The zero-order valence-electron chi connectivity index (χ0n) is 18.6. The number of carboxylic acid groups (broad SMARTS) is 2. The summed E-state index contributed by atoms with van der Waals surface area (Å²) in [4.78, 5) is 31.7. The van der Waals surface area contributed by atoms with Crippen molar-refractivity contribution in [2.75, 3.05) is 29.9 Å². The van der Waals surface area contributed by atoms with Gasteiger partial charge in [-0.2, -0.15) is 31.4 Å². The first-order chi connectivity index (χ1) is 16.5. The molecule has 4 rings (SSSR count). The minimum atomic E-state index is -5.08. The third kappa shape index (κ3) is 7.12. The Balaban J connectivity index is 0.000000271. The summed E-state index contributed by atoms with van der Waals surface area (Å²) in [5, 5.41) is 25.1. The first-order valence-corrected chi connectivity index (χ1v) is 10.0. The predicted molar refractivity (Wildman–Crippen MR) is 112 cm³/mol. The highest BCUT2D eigenvalue weighted by Crippen LogP contribution is 2.39. The number of ether oxygens (including phenoxy) is 1. The highest BCUT2D eigenvalue weighted by atomic mass is 19.4. The first kappa shape index (κ1) is 28.5. The average Bonchev–Trinajstić information content (AvgIpc) is 2.72. The number of nitrogens with zero attached hydrogens (tertiary/aromatic N) is 2. The smallest absolute Gasteiger partial charge is 0.483 e. The SMILES string of the molecule is Cc1cc2c(cc1NC1CNC1)N1C(=NNC(=O)C1C)CO2.O=C(O)C(F)(F)F.O=C(O)C(F)(F)F. The molecule has 11 nitrogen and oxygen atoms in total. The van der Waals surface area contributed by atoms with Crippen LogP contribution in [0.5, 0.6) is 5.75 Å². The van der Waals surface area contributed by atoms with Crippen molar-refractivity contribution in [2.45, 2.75) is 38.3 Å². The number of nitrogens with one attached hydrogen (secondary N) is 3. The molecule has 36 heavy (non-hydrogen) atoms. The lowest BCUT2D eigenvalue weighted by atomic mass is 10.1. The van der Waals surface area contributed by atoms with Crippen molar-refractivity contribution in [1.82, 2.24) is 10.7 Å². The maximum Gasteiger partial charge on any atom is 0.490 e. The number of carbonyl (C=O) groups is 3. The molecule has 3 heterocycles. The number of anilines is 2. The van der Waals surface area contributed by atoms with Gasteiger partial charge in [0.1, 0.15) is 18.4 Å². The molecule has 1 saturated heterocycles. The van der Waals surface area contributed by atoms with Crippen molar-refractivity contribution < 1.29 is 55.7 Å². The van der Waals surface area contributed by atoms with Crippen LogP contribution in [-0.4, -0.2) is 78.0 Å². The molecule has 1 amide bonds. The molecule has 0 aromatic heterocycles. The fourth-order valence-electron chi connectivity index (χ4n) is 2.94. The molecule has 3 aliphatic rings. The Labute approximate surface area is 199 Å². The van der Waals surface area contributed by atoms with Gasteiger partial charge in [-0.05, 0) is 31.5 Å². The number of fused-ring (bicyclic) bond motifs is 3. The lowest BCUT2D eigenvalue weighted by molar-refractivity contribution is -0.193. The second-order valence-electron chi connectivity index (χ2n) is 7.58. The number of benzene rings is 1. The van der Waals surface area contributed by atoms with Crippen LogP contribution in [-0.2, 0) is 14.4 Å². The van der Waals surface area contributed by atoms with Gasteiger partial charge in [0.2, 0.25) is 0 Å². The number of alkyl halides is 6. The lowest BCUT2D eigenvalue weighted by Gasteiger charge is -2.39. The molecular formula is C19H21F6N5O6. The van der Waals surface area contributed by atoms with Crippen LogP contribution < -0.4 is 25.7 Å². The Hall–Kier alpha value is -3.76. The Morgan fingerprint density at radius 1 is 1.11 bits per heavy atom. The van der Waals surface area contributed by atoms with E-state index >= 15 is 0 Å². The zero-order valence-corrected chi connectivity index (χ0v) is 18.6. The number of carboxylic acids is 2. The molecule has 5 N–H and O–H groups in total. The van der Waals surface area contributed by atoms with Crippen LogP contribution in [0, 0.1) is 6.92 Å². The quantitative estimate of drug-likeness (QED) is 0.360. The molecule has 200 valence electrons. The number of rotatable bonds is 2. The molecular weight excluding hydrogens is 508 g/mol. The largest absolute Gasteiger partial charge is 0.490 e. The van der Waals surface area contributed by atoms with Crippen molar-refractivity contribution in [3.8, 4) is 5.75 Å². The van der Waals surface area contributed by atoms with Gasteiger partial charge in [-0.15, -0.1) is 0 Å². The number of aliphatic carboxylic acids is 2. The van der Waals surface area contributed by atoms with Crippen molar-refractivity contribution in [1.29, 1.82) is 0 Å². The molecule has 0 saturated carbocycles. The van der Waals surface area contributed by atoms with Gasteiger partial charge in [-0.3, -0.25) is 4.79 Å². The van der Waals surface area contributed by atoms with Gasteiger partial charge in [-0.1, -0.05) is 0 Å². The van der Waals surface area contributed by atoms with Crippen LogP contribution in [0.1, 0.15) is 12.5 Å². The Morgan fingerprint density at radius 2 is 1.64 bits per heavy atom. The Kier molecular flexibility index (Phi) is 8.61. The predicted octanol–water partition coefficient (Wildman–Crippen LogP) is 1.68. The van der Waals surface area contributed by atoms with E-state index in [4.69, 9.17) is 24.5 Å². The van der Waals surface area contributed by atoms with E-state index in [9.17, 15) is 31.1 Å². The summed E-state index contributed by atoms with van der Waals surface area (Å²) in [6, 6.07) is 4.25. The number of hydrogen-bond acceptors (Lipinski definition) is 8. The van der Waals surface area contributed by atoms with Crippen LogP contribution in [0.15, 0.2) is 17.2 Å². The second kappa shape index (κ2) is 10.9. The molecule has 0 aliphatic carbocycles. The van der Waals surface area contributed by atoms with Crippen LogP contribution in [0.25, 0.3) is 0 Å². The maximum absolute atomic E-state index is 11.9. The number of amides is 1. The molecule has 1 fully saturated rings. The number of hydrazone groups is 1. The van der Waals surface area contributed by atoms with Gasteiger partial charge in [0, 0.05) is 18.8 Å². The Bertz CT molecular complexity index is 1020. The van der Waals surface area contributed by atoms with Crippen LogP contribution in [0.2, 0.25) is 0 Å². The minimum absolute atomic E-state index is 0.102. The van der Waals surface area contributed by atoms with E-state index in [1.807, 2.05) is 17.9 Å². The first-order valence-electron chi connectivity index (χ1n) is 10.0. The van der Waals surface area contributed by atoms with E-state index < -0.39 is 24.3 Å². The fraction of sp³-hybridized carbons (Fsp3) is 0.474. The fourth-order valence-corrected chi connectivity index (χ4v) is 2.94. The molecule has 0 spiro atoms. The third-order valence-corrected chi connectivity index (χ3v) is 4.89. The highest BCUT2D eigenvalue weighted by Gasteiger charge is 2.39. The maximum atomic E-state index is 11.9. The van der Waals surface area contributed by atoms with Crippen LogP contribution in [0.3, 0.4) is 0 Å². The van der Waals surface area contributed by atoms with E-state index in [1.165, 1.54) is 0 Å². The van der Waals surface area contributed by atoms with Crippen LogP contribution in [0.4, 0.5) is 37.7 Å². The van der Waals surface area contributed by atoms with Gasteiger partial charge in [0.15, 0.2) is 5.84 Å². The minimum Gasteiger partial charge on any atom is -0.483 e. The summed E-state index contributed by atoms with van der Waals surface area (Å²) in [5.41, 5.74) is 5.65. The standard InChI is InChI=1S/C15H19N5O2.2C2HF3O2/c1-8-3-13-12(4-11(8)17-10-5-16-6-10)20-9(2)15(21)19-18-14(20)7-22-13;2*3-2(4,5)1(6)7/h3-4,9-10,16-17H,5-7H2,1-2H3,(H,19,21);2*(H,6,7). The summed E-state index contributed by atoms with van der Waals surface area (Å²) in [5.74, 6) is -4.08. The van der Waals surface area contributed by atoms with Crippen molar-refractivity contribution >= 4 is 35.1 Å². The topological polar surface area (TPSA) is 153 Å². The average molecular weight is 529 g/mol. The van der Waals surface area contributed by atoms with Crippen molar-refractivity contribution in [2.24, 2.45) is 5.10 Å². The Morgan fingerprint density at radius 3 is 2.08 bits per heavy atom. The number of aryl methyl sites for hydroxylation is 1. The lowest BCUT2D eigenvalue weighted by Crippen LogP contribution is -2.55. The van der Waals surface area contributed by atoms with E-state index in [1.54, 1.807) is 0 Å². The zero-order chi connectivity index (χ0) is 27.4. The van der Waals surface area contributed by atoms with E-state index in [0.29, 0.717) is 12.6 Å². The van der Waals surface area contributed by atoms with Gasteiger partial charge in [0.25, 0.3) is 5.91 Å². The second-order valence-corrected chi connectivity index (χ2v) is 7.58. The number of halogens is 6. The highest BCUT2D eigenvalue weighted by molar-refractivity contribution is 6.09. The molecule has 0 bridgehead atoms. The third-order valence-electron chi connectivity index (χ3n) is 4.89. The normalized spacial score (nSPS) is 18.8. The molecule has 0 radical (unpaired) electrons. The molecule has 3 aliphatic heterocycles. The molecule has 17 heteroatoms. The molecule has 1 aromatic carbocycles. The van der Waals surface area contributed by atoms with Crippen LogP contribution >= 0.6 is 0 Å². The monoisotopic (exact) mass is 529 g/mol. The molecule has 1 aromatic rings. The van der Waals surface area contributed by atoms with Crippen molar-refractivity contribution in [3.05, 3.63) is 17.7 Å². The van der Waals surface area contributed by atoms with E-state index in [2.05, 4.69) is 34.2 Å². The van der Waals surface area contributed by atoms with E-state index in [-0.39, 0.29) is 11.9 Å². The van der Waals surface area contributed by atoms with Crippen molar-refractivity contribution in [3.63, 3.8) is 0 Å². The molecule has 1 unspecified atom stereocenters. The van der Waals surface area contributed by atoms with E-state index in [0.717, 1.165) is 41.6 Å². The number of carbonyl (C=O) groups excluding carboxylic acids is 1. The number of amidine groups is 1. The summed E-state index contributed by atoms with van der Waals surface area (Å²) in [7, 11) is 0. The summed E-state index contributed by atoms with van der Waals surface area (Å²) in [6.07, 6.45) is -10.2. The molecule has 1 atom stereocenters. The van der Waals surface area contributed by atoms with Gasteiger partial charge >= 0.3 is 24.3 Å². The summed E-state index contributed by atoms with van der Waals surface area (Å²) in [6.45, 7) is 6.26. The van der Waals surface area contributed by atoms with Gasteiger partial charge in [-0.25, -0.2) is 15.0 Å². The number of hydrogen-bond donors (Lipinski definition) is 5. The summed E-state index contributed by atoms with van der Waals surface area (Å²) < 4.78 is 69.3. The van der Waals surface area contributed by atoms with Gasteiger partial charge in [0.05, 0.1) is 11.7 Å². The summed E-state index contributed by atoms with van der Waals surface area (Å²) >= 11 is 0.